The number of nitrogens with zero attached hydrogens (tertiary/aromatic N) is 2. The summed E-state index contributed by atoms with van der Waals surface area (Å²) in [4.78, 5) is 3.78. The zero-order valence-electron chi connectivity index (χ0n) is 12.3. The van der Waals surface area contributed by atoms with Gasteiger partial charge in [0.05, 0.1) is 6.33 Å². The zero-order chi connectivity index (χ0) is 13.1. The third-order valence-electron chi connectivity index (χ3n) is 3.78. The van der Waals surface area contributed by atoms with E-state index >= 15 is 0 Å². The molecule has 0 atom stereocenters. The van der Waals surface area contributed by atoms with Gasteiger partial charge in [-0.15, -0.1) is 0 Å². The fourth-order valence-electron chi connectivity index (χ4n) is 2.52. The van der Waals surface area contributed by atoms with E-state index < -0.39 is 0 Å². The quantitative estimate of drug-likeness (QED) is 0.636. The molecule has 1 aliphatic carbocycles. The lowest BCUT2D eigenvalue weighted by molar-refractivity contribution is 0.447. The van der Waals surface area contributed by atoms with Crippen LogP contribution in [0.3, 0.4) is 0 Å². The Morgan fingerprint density at radius 2 is 1.39 bits per heavy atom. The maximum absolute atomic E-state index is 3.78. The van der Waals surface area contributed by atoms with Crippen LogP contribution >= 0.6 is 0 Å². The fraction of sp³-hybridized carbons (Fsp3) is 0.812. The smallest absolute Gasteiger partial charge is 0.0943 e. The molecule has 1 aromatic rings. The van der Waals surface area contributed by atoms with E-state index in [9.17, 15) is 0 Å². The monoisotopic (exact) mass is 250 g/mol. The van der Waals surface area contributed by atoms with E-state index in [4.69, 9.17) is 0 Å². The van der Waals surface area contributed by atoms with Crippen molar-refractivity contribution in [2.24, 2.45) is 13.0 Å². The zero-order valence-corrected chi connectivity index (χ0v) is 12.3. The van der Waals surface area contributed by atoms with E-state index in [0.29, 0.717) is 0 Å². The first-order valence-corrected chi connectivity index (χ1v) is 7.71. The second kappa shape index (κ2) is 10.2. The van der Waals surface area contributed by atoms with Crippen molar-refractivity contribution in [2.75, 3.05) is 0 Å². The molecule has 0 spiro atoms. The van der Waals surface area contributed by atoms with Gasteiger partial charge >= 0.3 is 0 Å². The van der Waals surface area contributed by atoms with Gasteiger partial charge in [0.1, 0.15) is 0 Å². The second-order valence-electron chi connectivity index (χ2n) is 5.74. The molecule has 1 aromatic heterocycles. The summed E-state index contributed by atoms with van der Waals surface area (Å²) >= 11 is 0. The number of imidazole rings is 1. The Labute approximate surface area is 113 Å². The fourth-order valence-corrected chi connectivity index (χ4v) is 2.52. The SMILES string of the molecule is CC1CCCCCCCCCC1.Cn1ccnc1. The van der Waals surface area contributed by atoms with Crippen LogP contribution in [0, 0.1) is 5.92 Å². The molecule has 0 bridgehead atoms. The number of rotatable bonds is 0. The van der Waals surface area contributed by atoms with Gasteiger partial charge in [-0.05, 0) is 5.92 Å². The van der Waals surface area contributed by atoms with Crippen molar-refractivity contribution in [2.45, 2.75) is 71.1 Å². The molecular formula is C16H30N2. The van der Waals surface area contributed by atoms with Crippen molar-refractivity contribution in [3.05, 3.63) is 18.7 Å². The van der Waals surface area contributed by atoms with E-state index in [0.717, 1.165) is 5.92 Å². The third kappa shape index (κ3) is 8.32. The van der Waals surface area contributed by atoms with Crippen LogP contribution in [-0.4, -0.2) is 9.55 Å². The Morgan fingerprint density at radius 1 is 0.889 bits per heavy atom. The molecule has 0 saturated heterocycles. The molecule has 2 rings (SSSR count). The van der Waals surface area contributed by atoms with Gasteiger partial charge in [-0.3, -0.25) is 0 Å². The molecule has 104 valence electrons. The molecule has 18 heavy (non-hydrogen) atoms. The van der Waals surface area contributed by atoms with Gasteiger partial charge in [0.25, 0.3) is 0 Å². The minimum atomic E-state index is 1.00. The number of aryl methyl sites for hydroxylation is 1. The third-order valence-corrected chi connectivity index (χ3v) is 3.78. The number of hydrogen-bond acceptors (Lipinski definition) is 1. The maximum atomic E-state index is 3.78. The van der Waals surface area contributed by atoms with Crippen molar-refractivity contribution in [1.82, 2.24) is 9.55 Å². The summed E-state index contributed by atoms with van der Waals surface area (Å²) in [6.45, 7) is 2.43. The normalized spacial score (nSPS) is 19.4. The molecule has 0 N–H and O–H groups in total. The topological polar surface area (TPSA) is 17.8 Å². The van der Waals surface area contributed by atoms with E-state index in [1.807, 2.05) is 17.8 Å². The van der Waals surface area contributed by atoms with Crippen molar-refractivity contribution >= 4 is 0 Å². The first-order chi connectivity index (χ1) is 8.79. The van der Waals surface area contributed by atoms with E-state index in [2.05, 4.69) is 11.9 Å². The summed E-state index contributed by atoms with van der Waals surface area (Å²) < 4.78 is 1.89. The van der Waals surface area contributed by atoms with Crippen LogP contribution in [0.1, 0.15) is 71.1 Å². The second-order valence-corrected chi connectivity index (χ2v) is 5.74. The molecule has 2 nitrogen and oxygen atoms in total. The molecule has 1 heterocycles. The predicted octanol–water partition coefficient (Wildman–Crippen LogP) is 4.96. The first-order valence-electron chi connectivity index (χ1n) is 7.71. The maximum Gasteiger partial charge on any atom is 0.0943 e. The lowest BCUT2D eigenvalue weighted by atomic mass is 9.98. The largest absolute Gasteiger partial charge is 0.341 e. The molecule has 0 aromatic carbocycles. The lowest BCUT2D eigenvalue weighted by Gasteiger charge is -2.09. The average molecular weight is 250 g/mol. The Hall–Kier alpha value is -0.790. The Bertz CT molecular complexity index is 255. The summed E-state index contributed by atoms with van der Waals surface area (Å²) in [6, 6.07) is 0. The van der Waals surface area contributed by atoms with Gasteiger partial charge in [-0.1, -0.05) is 71.1 Å². The van der Waals surface area contributed by atoms with Crippen LogP contribution in [0.25, 0.3) is 0 Å². The van der Waals surface area contributed by atoms with Crippen LogP contribution in [-0.2, 0) is 7.05 Å². The number of aromatic nitrogens is 2. The highest BCUT2D eigenvalue weighted by Gasteiger charge is 2.03. The van der Waals surface area contributed by atoms with Crippen molar-refractivity contribution in [1.29, 1.82) is 0 Å². The predicted molar refractivity (Wildman–Crippen MR) is 78.5 cm³/mol. The number of hydrogen-bond donors (Lipinski definition) is 0. The van der Waals surface area contributed by atoms with Crippen LogP contribution in [0.4, 0.5) is 0 Å². The van der Waals surface area contributed by atoms with Gasteiger partial charge < -0.3 is 4.57 Å². The summed E-state index contributed by atoms with van der Waals surface area (Å²) in [5.41, 5.74) is 0. The van der Waals surface area contributed by atoms with Gasteiger partial charge in [0, 0.05) is 19.4 Å². The van der Waals surface area contributed by atoms with Crippen molar-refractivity contribution in [3.63, 3.8) is 0 Å². The van der Waals surface area contributed by atoms with Gasteiger partial charge in [-0.2, -0.15) is 0 Å². The lowest BCUT2D eigenvalue weighted by Crippen LogP contribution is -1.93. The Morgan fingerprint density at radius 3 is 1.72 bits per heavy atom. The van der Waals surface area contributed by atoms with E-state index in [1.165, 1.54) is 64.2 Å². The Kier molecular flexibility index (Phi) is 8.62. The Balaban J connectivity index is 0.000000225. The van der Waals surface area contributed by atoms with Crippen molar-refractivity contribution in [3.8, 4) is 0 Å². The summed E-state index contributed by atoms with van der Waals surface area (Å²) in [7, 11) is 1.94. The summed E-state index contributed by atoms with van der Waals surface area (Å²) in [6.07, 6.45) is 20.3. The molecule has 2 heteroatoms. The molecule has 1 fully saturated rings. The van der Waals surface area contributed by atoms with Crippen LogP contribution in [0.5, 0.6) is 0 Å². The minimum Gasteiger partial charge on any atom is -0.341 e. The van der Waals surface area contributed by atoms with E-state index in [1.54, 1.807) is 12.5 Å². The molecule has 0 radical (unpaired) electrons. The van der Waals surface area contributed by atoms with Crippen LogP contribution in [0.2, 0.25) is 0 Å². The molecule has 1 aliphatic rings. The highest BCUT2D eigenvalue weighted by molar-refractivity contribution is 4.70. The molecule has 0 amide bonds. The molecule has 0 aliphatic heterocycles. The molecule has 0 unspecified atom stereocenters. The summed E-state index contributed by atoms with van der Waals surface area (Å²) in [5.74, 6) is 1.00. The average Bonchev–Trinajstić information content (AvgIpc) is 2.80. The van der Waals surface area contributed by atoms with Gasteiger partial charge in [0.15, 0.2) is 0 Å². The molecule has 1 saturated carbocycles. The summed E-state index contributed by atoms with van der Waals surface area (Å²) in [5, 5.41) is 0. The highest BCUT2D eigenvalue weighted by Crippen LogP contribution is 2.20. The van der Waals surface area contributed by atoms with E-state index in [-0.39, 0.29) is 0 Å². The standard InChI is InChI=1S/C12H24.C4H6N2/c1-12-10-8-6-4-2-3-5-7-9-11-12;1-6-3-2-5-4-6/h12H,2-11H2,1H3;2-4H,1H3. The van der Waals surface area contributed by atoms with Gasteiger partial charge in [0.2, 0.25) is 0 Å². The van der Waals surface area contributed by atoms with Gasteiger partial charge in [-0.25, -0.2) is 4.98 Å². The highest BCUT2D eigenvalue weighted by atomic mass is 15.0. The molecular weight excluding hydrogens is 220 g/mol. The minimum absolute atomic E-state index is 1.00. The van der Waals surface area contributed by atoms with Crippen molar-refractivity contribution < 1.29 is 0 Å². The van der Waals surface area contributed by atoms with Crippen LogP contribution in [0.15, 0.2) is 18.7 Å². The first kappa shape index (κ1) is 15.3. The van der Waals surface area contributed by atoms with Crippen LogP contribution < -0.4 is 0 Å².